The highest BCUT2D eigenvalue weighted by atomic mass is 79.9. The third kappa shape index (κ3) is 3.21. The molecule has 0 aliphatic heterocycles. The number of unbranched alkanes of at least 4 members (excludes halogenated alkanes) is 1. The van der Waals surface area contributed by atoms with Gasteiger partial charge in [0.1, 0.15) is 5.75 Å². The summed E-state index contributed by atoms with van der Waals surface area (Å²) in [5.74, 6) is 0.859. The first-order valence-corrected chi connectivity index (χ1v) is 6.28. The van der Waals surface area contributed by atoms with Gasteiger partial charge < -0.3 is 4.74 Å². The van der Waals surface area contributed by atoms with Gasteiger partial charge in [-0.1, -0.05) is 28.1 Å². The molecule has 0 bridgehead atoms. The van der Waals surface area contributed by atoms with Gasteiger partial charge >= 0.3 is 0 Å². The van der Waals surface area contributed by atoms with Gasteiger partial charge in [-0.05, 0) is 41.5 Å². The average Bonchev–Trinajstić information content (AvgIpc) is 2.35. The molecule has 0 radical (unpaired) electrons. The van der Waals surface area contributed by atoms with Crippen molar-refractivity contribution in [2.45, 2.75) is 12.8 Å². The van der Waals surface area contributed by atoms with E-state index in [4.69, 9.17) is 10.00 Å². The van der Waals surface area contributed by atoms with Crippen LogP contribution in [0.5, 0.6) is 5.75 Å². The van der Waals surface area contributed by atoms with Crippen LogP contribution < -0.4 is 4.74 Å². The second kappa shape index (κ2) is 5.70. The first-order valence-electron chi connectivity index (χ1n) is 5.49. The second-order valence-corrected chi connectivity index (χ2v) is 4.68. The van der Waals surface area contributed by atoms with Crippen LogP contribution in [0.1, 0.15) is 12.8 Å². The fraction of sp³-hybridized carbons (Fsp3) is 0.214. The van der Waals surface area contributed by atoms with Crippen LogP contribution in [0.15, 0.2) is 40.9 Å². The Kier molecular flexibility index (Phi) is 4.00. The van der Waals surface area contributed by atoms with E-state index in [9.17, 15) is 0 Å². The first kappa shape index (κ1) is 11.9. The molecule has 2 nitrogen and oxygen atoms in total. The zero-order valence-corrected chi connectivity index (χ0v) is 10.9. The Balaban J connectivity index is 2.10. The lowest BCUT2D eigenvalue weighted by Crippen LogP contribution is -1.96. The fourth-order valence-corrected chi connectivity index (χ4v) is 2.00. The standard InChI is InChI=1S/C14H12BrNO/c15-13-5-3-12-10-14(6-4-11(12)9-13)17-8-2-1-7-16/h3-6,9-10H,1-2,8H2. The lowest BCUT2D eigenvalue weighted by Gasteiger charge is -2.06. The molecule has 3 heteroatoms. The normalized spacial score (nSPS) is 10.1. The number of nitriles is 1. The van der Waals surface area contributed by atoms with Crippen LogP contribution in [0.4, 0.5) is 0 Å². The van der Waals surface area contributed by atoms with Gasteiger partial charge in [0.15, 0.2) is 0 Å². The smallest absolute Gasteiger partial charge is 0.119 e. The molecule has 0 aliphatic carbocycles. The van der Waals surface area contributed by atoms with Crippen molar-refractivity contribution < 1.29 is 4.74 Å². The van der Waals surface area contributed by atoms with E-state index in [-0.39, 0.29) is 0 Å². The van der Waals surface area contributed by atoms with Gasteiger partial charge in [-0.3, -0.25) is 0 Å². The lowest BCUT2D eigenvalue weighted by atomic mass is 10.1. The molecule has 0 aliphatic rings. The molecule has 0 unspecified atom stereocenters. The highest BCUT2D eigenvalue weighted by Gasteiger charge is 1.98. The minimum atomic E-state index is 0.542. The van der Waals surface area contributed by atoms with Crippen LogP contribution in [-0.4, -0.2) is 6.61 Å². The number of hydrogen-bond donors (Lipinski definition) is 0. The summed E-state index contributed by atoms with van der Waals surface area (Å²) in [4.78, 5) is 0. The minimum absolute atomic E-state index is 0.542. The lowest BCUT2D eigenvalue weighted by molar-refractivity contribution is 0.313. The van der Waals surface area contributed by atoms with E-state index in [1.165, 1.54) is 5.39 Å². The van der Waals surface area contributed by atoms with E-state index >= 15 is 0 Å². The number of halogens is 1. The van der Waals surface area contributed by atoms with Gasteiger partial charge in [-0.2, -0.15) is 5.26 Å². The molecule has 86 valence electrons. The van der Waals surface area contributed by atoms with Crippen LogP contribution in [-0.2, 0) is 0 Å². The van der Waals surface area contributed by atoms with Crippen molar-refractivity contribution in [3.8, 4) is 11.8 Å². The minimum Gasteiger partial charge on any atom is -0.494 e. The third-order valence-electron chi connectivity index (χ3n) is 2.48. The van der Waals surface area contributed by atoms with Gasteiger partial charge in [0, 0.05) is 10.9 Å². The van der Waals surface area contributed by atoms with Crippen LogP contribution >= 0.6 is 15.9 Å². The average molecular weight is 290 g/mol. The maximum Gasteiger partial charge on any atom is 0.119 e. The summed E-state index contributed by atoms with van der Waals surface area (Å²) in [6.45, 7) is 0.593. The molecule has 0 amide bonds. The number of ether oxygens (including phenoxy) is 1. The largest absolute Gasteiger partial charge is 0.494 e. The van der Waals surface area contributed by atoms with Crippen molar-refractivity contribution in [1.29, 1.82) is 5.26 Å². The molecule has 0 saturated carbocycles. The molecule has 17 heavy (non-hydrogen) atoms. The van der Waals surface area contributed by atoms with Crippen molar-refractivity contribution in [2.75, 3.05) is 6.61 Å². The molecule has 0 saturated heterocycles. The number of nitrogens with zero attached hydrogens (tertiary/aromatic N) is 1. The van der Waals surface area contributed by atoms with Crippen LogP contribution in [0, 0.1) is 11.3 Å². The Labute approximate surface area is 109 Å². The Hall–Kier alpha value is -1.53. The van der Waals surface area contributed by atoms with E-state index in [1.807, 2.05) is 24.3 Å². The van der Waals surface area contributed by atoms with Gasteiger partial charge in [0.25, 0.3) is 0 Å². The zero-order valence-electron chi connectivity index (χ0n) is 9.32. The maximum absolute atomic E-state index is 8.42. The van der Waals surface area contributed by atoms with E-state index < -0.39 is 0 Å². The number of benzene rings is 2. The van der Waals surface area contributed by atoms with E-state index in [0.29, 0.717) is 13.0 Å². The highest BCUT2D eigenvalue weighted by molar-refractivity contribution is 9.10. The van der Waals surface area contributed by atoms with E-state index in [0.717, 1.165) is 22.0 Å². The first-order chi connectivity index (χ1) is 8.29. The summed E-state index contributed by atoms with van der Waals surface area (Å²) in [6, 6.07) is 14.3. The topological polar surface area (TPSA) is 33.0 Å². The maximum atomic E-state index is 8.42. The molecule has 2 aromatic rings. The monoisotopic (exact) mass is 289 g/mol. The predicted molar refractivity (Wildman–Crippen MR) is 72.0 cm³/mol. The Morgan fingerprint density at radius 3 is 2.71 bits per heavy atom. The fourth-order valence-electron chi connectivity index (χ4n) is 1.63. The summed E-state index contributed by atoms with van der Waals surface area (Å²) in [7, 11) is 0. The van der Waals surface area contributed by atoms with Crippen LogP contribution in [0.25, 0.3) is 10.8 Å². The molecule has 0 atom stereocenters. The van der Waals surface area contributed by atoms with Gasteiger partial charge in [-0.25, -0.2) is 0 Å². The third-order valence-corrected chi connectivity index (χ3v) is 2.97. The second-order valence-electron chi connectivity index (χ2n) is 3.76. The molecule has 0 heterocycles. The summed E-state index contributed by atoms with van der Waals surface area (Å²) in [6.07, 6.45) is 1.31. The summed E-state index contributed by atoms with van der Waals surface area (Å²) in [5.41, 5.74) is 0. The molecule has 0 aromatic heterocycles. The van der Waals surface area contributed by atoms with Gasteiger partial charge in [0.05, 0.1) is 12.7 Å². The van der Waals surface area contributed by atoms with Crippen molar-refractivity contribution in [1.82, 2.24) is 0 Å². The van der Waals surface area contributed by atoms with Crippen molar-refractivity contribution in [3.63, 3.8) is 0 Å². The Bertz CT molecular complexity index is 560. The number of rotatable bonds is 4. The summed E-state index contributed by atoms with van der Waals surface area (Å²) < 4.78 is 6.66. The van der Waals surface area contributed by atoms with E-state index in [1.54, 1.807) is 0 Å². The van der Waals surface area contributed by atoms with Crippen molar-refractivity contribution in [2.24, 2.45) is 0 Å². The molecule has 0 fully saturated rings. The van der Waals surface area contributed by atoms with Crippen LogP contribution in [0.3, 0.4) is 0 Å². The van der Waals surface area contributed by atoms with Gasteiger partial charge in [-0.15, -0.1) is 0 Å². The number of fused-ring (bicyclic) bond motifs is 1. The molecule has 2 rings (SSSR count). The zero-order chi connectivity index (χ0) is 12.1. The van der Waals surface area contributed by atoms with E-state index in [2.05, 4.69) is 34.1 Å². The molecule has 0 spiro atoms. The van der Waals surface area contributed by atoms with Crippen molar-refractivity contribution in [3.05, 3.63) is 40.9 Å². The Morgan fingerprint density at radius 2 is 1.88 bits per heavy atom. The van der Waals surface area contributed by atoms with Gasteiger partial charge in [0.2, 0.25) is 0 Å². The summed E-state index contributed by atoms with van der Waals surface area (Å²) >= 11 is 3.45. The quantitative estimate of drug-likeness (QED) is 0.787. The van der Waals surface area contributed by atoms with Crippen molar-refractivity contribution >= 4 is 26.7 Å². The number of hydrogen-bond acceptors (Lipinski definition) is 2. The SMILES string of the molecule is N#CCCCOc1ccc2cc(Br)ccc2c1. The molecular formula is C14H12BrNO. The molecule has 2 aromatic carbocycles. The predicted octanol–water partition coefficient (Wildman–Crippen LogP) is 4.28. The summed E-state index contributed by atoms with van der Waals surface area (Å²) in [5, 5.41) is 10.8. The molecule has 0 N–H and O–H groups in total. The molecular weight excluding hydrogens is 278 g/mol. The van der Waals surface area contributed by atoms with Crippen LogP contribution in [0.2, 0.25) is 0 Å². The Morgan fingerprint density at radius 1 is 1.12 bits per heavy atom. The highest BCUT2D eigenvalue weighted by Crippen LogP contribution is 2.24.